The van der Waals surface area contributed by atoms with Gasteiger partial charge < -0.3 is 10.1 Å². The van der Waals surface area contributed by atoms with E-state index in [9.17, 15) is 13.5 Å². The van der Waals surface area contributed by atoms with Gasteiger partial charge in [0.2, 0.25) is 5.88 Å². The molecule has 0 aliphatic rings. The Hall–Kier alpha value is -2.38. The molecule has 23 heavy (non-hydrogen) atoms. The van der Waals surface area contributed by atoms with Gasteiger partial charge in [0.05, 0.1) is 10.4 Å². The molecule has 0 atom stereocenters. The third kappa shape index (κ3) is 3.06. The van der Waals surface area contributed by atoms with Gasteiger partial charge in [-0.3, -0.25) is 0 Å². The van der Waals surface area contributed by atoms with E-state index in [4.69, 9.17) is 11.6 Å². The summed E-state index contributed by atoms with van der Waals surface area (Å²) in [6, 6.07) is 11.1. The lowest BCUT2D eigenvalue weighted by Crippen LogP contribution is -1.95. The minimum atomic E-state index is -3.94. The number of rotatable bonds is 3. The summed E-state index contributed by atoms with van der Waals surface area (Å²) < 4.78 is 27.7. The number of fused-ring (bicyclic) bond motifs is 1. The molecule has 118 valence electrons. The van der Waals surface area contributed by atoms with E-state index in [1.165, 1.54) is 12.1 Å². The quantitative estimate of drug-likeness (QED) is 0.690. The van der Waals surface area contributed by atoms with E-state index >= 15 is 0 Å². The molecule has 8 heteroatoms. The number of nitrogens with one attached hydrogen (secondary N) is 1. The van der Waals surface area contributed by atoms with Gasteiger partial charge in [-0.1, -0.05) is 33.8 Å². The SMILES string of the molecule is Cc1ccc(S(=O)(=O)N=Nc2c(O)[nH]c3cc(Cl)ccc23)cc1. The van der Waals surface area contributed by atoms with Crippen LogP contribution in [0.4, 0.5) is 5.69 Å². The second kappa shape index (κ2) is 5.68. The van der Waals surface area contributed by atoms with E-state index < -0.39 is 10.0 Å². The van der Waals surface area contributed by atoms with Crippen LogP contribution in [-0.2, 0) is 10.0 Å². The summed E-state index contributed by atoms with van der Waals surface area (Å²) in [5.74, 6) is -0.273. The number of benzene rings is 2. The third-order valence-corrected chi connectivity index (χ3v) is 4.68. The van der Waals surface area contributed by atoms with Crippen LogP contribution in [0.3, 0.4) is 0 Å². The van der Waals surface area contributed by atoms with Crippen molar-refractivity contribution in [1.29, 1.82) is 0 Å². The average Bonchev–Trinajstić information content (AvgIpc) is 2.80. The zero-order chi connectivity index (χ0) is 16.6. The van der Waals surface area contributed by atoms with Gasteiger partial charge in [0.25, 0.3) is 10.0 Å². The molecule has 0 saturated heterocycles. The first kappa shape index (κ1) is 15.5. The van der Waals surface area contributed by atoms with Crippen molar-refractivity contribution in [1.82, 2.24) is 4.98 Å². The van der Waals surface area contributed by atoms with Gasteiger partial charge in [-0.25, -0.2) is 0 Å². The zero-order valence-corrected chi connectivity index (χ0v) is 13.6. The minimum Gasteiger partial charge on any atom is -0.493 e. The van der Waals surface area contributed by atoms with Gasteiger partial charge >= 0.3 is 0 Å². The van der Waals surface area contributed by atoms with E-state index in [2.05, 4.69) is 14.6 Å². The zero-order valence-electron chi connectivity index (χ0n) is 12.0. The van der Waals surface area contributed by atoms with Crippen LogP contribution in [0.2, 0.25) is 5.02 Å². The predicted octanol–water partition coefficient (Wildman–Crippen LogP) is 4.31. The first-order valence-electron chi connectivity index (χ1n) is 6.62. The van der Waals surface area contributed by atoms with Crippen LogP contribution in [0.25, 0.3) is 10.9 Å². The third-order valence-electron chi connectivity index (χ3n) is 3.28. The summed E-state index contributed by atoms with van der Waals surface area (Å²) in [7, 11) is -3.94. The molecule has 6 nitrogen and oxygen atoms in total. The number of nitrogens with zero attached hydrogens (tertiary/aromatic N) is 2. The molecule has 1 heterocycles. The Morgan fingerprint density at radius 1 is 1.13 bits per heavy atom. The fourth-order valence-corrected chi connectivity index (χ4v) is 3.03. The molecule has 2 aromatic carbocycles. The highest BCUT2D eigenvalue weighted by molar-refractivity contribution is 7.90. The van der Waals surface area contributed by atoms with E-state index in [0.29, 0.717) is 15.9 Å². The summed E-state index contributed by atoms with van der Waals surface area (Å²) in [4.78, 5) is 2.71. The van der Waals surface area contributed by atoms with Gasteiger partial charge in [-0.15, -0.1) is 5.11 Å². The highest BCUT2D eigenvalue weighted by atomic mass is 35.5. The number of aryl methyl sites for hydroxylation is 1. The van der Waals surface area contributed by atoms with Crippen molar-refractivity contribution in [3.8, 4) is 5.88 Å². The Balaban J connectivity index is 2.02. The molecule has 0 spiro atoms. The monoisotopic (exact) mass is 349 g/mol. The highest BCUT2D eigenvalue weighted by Gasteiger charge is 2.15. The van der Waals surface area contributed by atoms with E-state index in [-0.39, 0.29) is 16.5 Å². The lowest BCUT2D eigenvalue weighted by molar-refractivity contribution is 0.459. The summed E-state index contributed by atoms with van der Waals surface area (Å²) in [5.41, 5.74) is 1.52. The number of hydrogen-bond donors (Lipinski definition) is 2. The number of aromatic hydroxyl groups is 1. The van der Waals surface area contributed by atoms with Crippen molar-refractivity contribution in [3.05, 3.63) is 53.1 Å². The fourth-order valence-electron chi connectivity index (χ4n) is 2.09. The van der Waals surface area contributed by atoms with Gasteiger partial charge in [-0.05, 0) is 37.3 Å². The first-order valence-corrected chi connectivity index (χ1v) is 8.43. The molecular weight excluding hydrogens is 338 g/mol. The Kier molecular flexibility index (Phi) is 3.83. The van der Waals surface area contributed by atoms with Crippen LogP contribution < -0.4 is 0 Å². The molecule has 3 rings (SSSR count). The van der Waals surface area contributed by atoms with Crippen LogP contribution in [0.1, 0.15) is 5.56 Å². The number of H-pyrrole nitrogens is 1. The van der Waals surface area contributed by atoms with Crippen molar-refractivity contribution >= 4 is 38.2 Å². The fraction of sp³-hybridized carbons (Fsp3) is 0.0667. The number of aromatic amines is 1. The highest BCUT2D eigenvalue weighted by Crippen LogP contribution is 2.37. The largest absolute Gasteiger partial charge is 0.493 e. The van der Waals surface area contributed by atoms with Crippen molar-refractivity contribution in [2.75, 3.05) is 0 Å². The van der Waals surface area contributed by atoms with Gasteiger partial charge in [0.15, 0.2) is 5.69 Å². The number of aromatic nitrogens is 1. The smallest absolute Gasteiger partial charge is 0.299 e. The lowest BCUT2D eigenvalue weighted by Gasteiger charge is -1.98. The second-order valence-electron chi connectivity index (χ2n) is 4.98. The van der Waals surface area contributed by atoms with Crippen molar-refractivity contribution in [2.45, 2.75) is 11.8 Å². The van der Waals surface area contributed by atoms with Gasteiger partial charge in [0.1, 0.15) is 0 Å². The topological polar surface area (TPSA) is 94.9 Å². The molecule has 1 aromatic heterocycles. The van der Waals surface area contributed by atoms with Crippen LogP contribution in [0.5, 0.6) is 5.88 Å². The van der Waals surface area contributed by atoms with Crippen molar-refractivity contribution in [3.63, 3.8) is 0 Å². The molecular formula is C15H12ClN3O3S. The molecule has 3 aromatic rings. The molecule has 0 aliphatic carbocycles. The summed E-state index contributed by atoms with van der Waals surface area (Å²) in [6.45, 7) is 1.85. The Labute approximate surface area is 137 Å². The van der Waals surface area contributed by atoms with Crippen LogP contribution >= 0.6 is 11.6 Å². The second-order valence-corrected chi connectivity index (χ2v) is 7.00. The van der Waals surface area contributed by atoms with Gasteiger partial charge in [-0.2, -0.15) is 8.42 Å². The molecule has 2 N–H and O–H groups in total. The maximum atomic E-state index is 12.2. The lowest BCUT2D eigenvalue weighted by atomic mass is 10.2. The molecule has 0 radical (unpaired) electrons. The molecule has 0 bridgehead atoms. The Morgan fingerprint density at radius 3 is 2.52 bits per heavy atom. The number of hydrogen-bond acceptors (Lipinski definition) is 4. The number of halogens is 1. The maximum Gasteiger partial charge on any atom is 0.299 e. The summed E-state index contributed by atoms with van der Waals surface area (Å²) in [6.07, 6.45) is 0. The maximum absolute atomic E-state index is 12.2. The van der Waals surface area contributed by atoms with Crippen LogP contribution in [0, 0.1) is 6.92 Å². The van der Waals surface area contributed by atoms with Crippen LogP contribution in [-0.4, -0.2) is 18.5 Å². The van der Waals surface area contributed by atoms with E-state index in [0.717, 1.165) is 5.56 Å². The van der Waals surface area contributed by atoms with Gasteiger partial charge in [0, 0.05) is 10.4 Å². The molecule has 0 fully saturated rings. The number of sulfonamides is 1. The molecule has 0 unspecified atom stereocenters. The van der Waals surface area contributed by atoms with Crippen molar-refractivity contribution in [2.24, 2.45) is 9.63 Å². The first-order chi connectivity index (χ1) is 10.9. The van der Waals surface area contributed by atoms with Crippen LogP contribution in [0.15, 0.2) is 57.0 Å². The normalized spacial score (nSPS) is 12.3. The Morgan fingerprint density at radius 2 is 1.83 bits per heavy atom. The van der Waals surface area contributed by atoms with E-state index in [1.54, 1.807) is 30.3 Å². The average molecular weight is 350 g/mol. The summed E-state index contributed by atoms with van der Waals surface area (Å²) in [5, 5.41) is 14.6. The summed E-state index contributed by atoms with van der Waals surface area (Å²) >= 11 is 5.87. The predicted molar refractivity (Wildman–Crippen MR) is 87.9 cm³/mol. The molecule has 0 amide bonds. The molecule has 0 saturated carbocycles. The van der Waals surface area contributed by atoms with E-state index in [1.807, 2.05) is 6.92 Å². The standard InChI is InChI=1S/C15H12ClN3O3S/c1-9-2-5-11(6-3-9)23(21,22)19-18-14-12-7-4-10(16)8-13(12)17-15(14)20/h2-8,17,20H,1H3. The molecule has 0 aliphatic heterocycles. The Bertz CT molecular complexity index is 1010. The van der Waals surface area contributed by atoms with Crippen molar-refractivity contribution < 1.29 is 13.5 Å². The minimum absolute atomic E-state index is 0.0363.